The van der Waals surface area contributed by atoms with Gasteiger partial charge in [-0.3, -0.25) is 4.90 Å². The van der Waals surface area contributed by atoms with Gasteiger partial charge >= 0.3 is 0 Å². The number of aryl methyl sites for hydroxylation is 2. The molecule has 5 rings (SSSR count). The monoisotopic (exact) mass is 446 g/mol. The first-order chi connectivity index (χ1) is 16.2. The van der Waals surface area contributed by atoms with Crippen molar-refractivity contribution in [3.05, 3.63) is 90.1 Å². The van der Waals surface area contributed by atoms with Gasteiger partial charge in [0.05, 0.1) is 0 Å². The van der Waals surface area contributed by atoms with E-state index in [9.17, 15) is 5.11 Å². The molecule has 2 aliphatic rings. The molecule has 2 aromatic carbocycles. The smallest absolute Gasteiger partial charge is 0.213 e. The fourth-order valence-corrected chi connectivity index (χ4v) is 4.27. The summed E-state index contributed by atoms with van der Waals surface area (Å²) in [7, 11) is 0. The predicted molar refractivity (Wildman–Crippen MR) is 136 cm³/mol. The van der Waals surface area contributed by atoms with E-state index in [1.807, 2.05) is 66.7 Å². The van der Waals surface area contributed by atoms with Crippen LogP contribution in [0.15, 0.2) is 79.0 Å². The molecule has 0 bridgehead atoms. The van der Waals surface area contributed by atoms with Crippen LogP contribution in [0.5, 0.6) is 11.6 Å². The van der Waals surface area contributed by atoms with Gasteiger partial charge in [0.25, 0.3) is 0 Å². The molecule has 4 heteroatoms. The number of hydrogen-bond acceptors (Lipinski definition) is 4. The number of pyridine rings is 1. The van der Waals surface area contributed by atoms with Gasteiger partial charge in [0.2, 0.25) is 5.88 Å². The van der Waals surface area contributed by atoms with Gasteiger partial charge in [-0.25, -0.2) is 4.98 Å². The van der Waals surface area contributed by atoms with Gasteiger partial charge in [0, 0.05) is 31.9 Å². The highest BCUT2D eigenvalue weighted by Gasteiger charge is 2.24. The molecule has 1 fully saturated rings. The van der Waals surface area contributed by atoms with Gasteiger partial charge in [0.1, 0.15) is 12.4 Å². The van der Waals surface area contributed by atoms with Gasteiger partial charge < -0.3 is 9.84 Å². The van der Waals surface area contributed by atoms with E-state index in [1.165, 1.54) is 56.3 Å². The van der Waals surface area contributed by atoms with E-state index >= 15 is 0 Å². The van der Waals surface area contributed by atoms with Crippen molar-refractivity contribution in [3.63, 3.8) is 0 Å². The van der Waals surface area contributed by atoms with Crippen LogP contribution in [0.3, 0.4) is 0 Å². The minimum absolute atomic E-state index is 0.408. The molecule has 0 unspecified atom stereocenters. The van der Waals surface area contributed by atoms with E-state index in [0.29, 0.717) is 5.75 Å². The maximum absolute atomic E-state index is 9.19. The van der Waals surface area contributed by atoms with Gasteiger partial charge in [0.15, 0.2) is 0 Å². The molecule has 3 aromatic rings. The quantitative estimate of drug-likeness (QED) is 0.493. The number of benzene rings is 2. The average molecular weight is 447 g/mol. The highest BCUT2D eigenvalue weighted by atomic mass is 16.5. The average Bonchev–Trinajstić information content (AvgIpc) is 2.85. The van der Waals surface area contributed by atoms with Crippen LogP contribution >= 0.6 is 0 Å². The summed E-state index contributed by atoms with van der Waals surface area (Å²) in [4.78, 5) is 6.57. The second kappa shape index (κ2) is 14.3. The fourth-order valence-electron chi connectivity index (χ4n) is 4.27. The zero-order chi connectivity index (χ0) is 23.1. The number of phenols is 1. The Labute approximate surface area is 199 Å². The maximum atomic E-state index is 9.19. The Morgan fingerprint density at radius 1 is 0.909 bits per heavy atom. The lowest BCUT2D eigenvalue weighted by Crippen LogP contribution is -2.48. The molecule has 0 amide bonds. The van der Waals surface area contributed by atoms with Crippen LogP contribution in [0.1, 0.15) is 43.7 Å². The Morgan fingerprint density at radius 2 is 1.61 bits per heavy atom. The van der Waals surface area contributed by atoms with Crippen molar-refractivity contribution in [3.8, 4) is 11.6 Å². The van der Waals surface area contributed by atoms with E-state index < -0.39 is 0 Å². The molecule has 1 N–H and O–H groups in total. The zero-order valence-corrected chi connectivity index (χ0v) is 19.9. The molecule has 1 aliphatic carbocycles. The highest BCUT2D eigenvalue weighted by Crippen LogP contribution is 2.24. The number of phenolic OH excluding ortho intramolecular Hbond substituents is 1. The lowest BCUT2D eigenvalue weighted by atomic mass is 9.92. The van der Waals surface area contributed by atoms with E-state index in [2.05, 4.69) is 16.8 Å². The molecular weight excluding hydrogens is 408 g/mol. The number of fused-ring (bicyclic) bond motifs is 1. The van der Waals surface area contributed by atoms with Gasteiger partial charge in [-0.15, -0.1) is 0 Å². The second-order valence-electron chi connectivity index (χ2n) is 8.75. The number of rotatable bonds is 6. The predicted octanol–water partition coefficient (Wildman–Crippen LogP) is 6.15. The van der Waals surface area contributed by atoms with E-state index in [-0.39, 0.29) is 0 Å². The van der Waals surface area contributed by atoms with Crippen molar-refractivity contribution < 1.29 is 9.84 Å². The molecular formula is C29H38N2O2. The molecule has 1 aromatic heterocycles. The lowest BCUT2D eigenvalue weighted by molar-refractivity contribution is 0.0764. The molecule has 0 spiro atoms. The van der Waals surface area contributed by atoms with Crippen molar-refractivity contribution in [1.29, 1.82) is 0 Å². The third kappa shape index (κ3) is 9.27. The number of aromatic nitrogens is 1. The number of likely N-dealkylation sites (tertiary alicyclic amines) is 1. The molecule has 2 heterocycles. The number of ether oxygens (including phenoxy) is 1. The Balaban J connectivity index is 0.000000155. The minimum Gasteiger partial charge on any atom is -0.508 e. The van der Waals surface area contributed by atoms with E-state index in [0.717, 1.165) is 31.4 Å². The Bertz CT molecular complexity index is 869. The molecule has 4 nitrogen and oxygen atoms in total. The summed E-state index contributed by atoms with van der Waals surface area (Å²) in [6.45, 7) is 6.53. The first-order valence-corrected chi connectivity index (χ1v) is 12.3. The van der Waals surface area contributed by atoms with Crippen molar-refractivity contribution >= 4 is 0 Å². The third-order valence-corrected chi connectivity index (χ3v) is 6.02. The van der Waals surface area contributed by atoms with Crippen LogP contribution in [0.2, 0.25) is 0 Å². The van der Waals surface area contributed by atoms with Crippen LogP contribution in [0.25, 0.3) is 0 Å². The zero-order valence-electron chi connectivity index (χ0n) is 19.9. The summed E-state index contributed by atoms with van der Waals surface area (Å²) in [6, 6.07) is 23.5. The molecule has 0 saturated carbocycles. The van der Waals surface area contributed by atoms with Crippen LogP contribution < -0.4 is 4.74 Å². The molecule has 33 heavy (non-hydrogen) atoms. The third-order valence-electron chi connectivity index (χ3n) is 6.02. The van der Waals surface area contributed by atoms with E-state index in [1.54, 1.807) is 12.3 Å². The van der Waals surface area contributed by atoms with Crippen molar-refractivity contribution in [2.24, 2.45) is 5.92 Å². The van der Waals surface area contributed by atoms with Crippen LogP contribution in [0.4, 0.5) is 0 Å². The van der Waals surface area contributed by atoms with Crippen molar-refractivity contribution in [2.45, 2.75) is 45.4 Å². The van der Waals surface area contributed by atoms with Crippen LogP contribution in [0, 0.1) is 5.92 Å². The van der Waals surface area contributed by atoms with Gasteiger partial charge in [-0.05, 0) is 67.3 Å². The topological polar surface area (TPSA) is 45.6 Å². The normalized spacial score (nSPS) is 15.1. The standard InChI is InChI=1S/C13H20N2O.C10H12O.C6H6/c1-2-5-12-10-15(11-12)8-9-16-13-6-3-4-7-14-13;11-10-6-5-8-3-1-2-4-9(8)7-10;1-2-4-6-5-3-1/h3-4,6-7,12H,2,5,8-11H2,1H3;5-7,11H,1-4H2;1-6H. The summed E-state index contributed by atoms with van der Waals surface area (Å²) in [5.41, 5.74) is 2.77. The first-order valence-electron chi connectivity index (χ1n) is 12.3. The summed E-state index contributed by atoms with van der Waals surface area (Å²) in [5, 5.41) is 9.19. The number of hydrogen-bond donors (Lipinski definition) is 1. The summed E-state index contributed by atoms with van der Waals surface area (Å²) < 4.78 is 5.55. The largest absolute Gasteiger partial charge is 0.508 e. The van der Waals surface area contributed by atoms with E-state index in [4.69, 9.17) is 4.74 Å². The molecule has 176 valence electrons. The second-order valence-corrected chi connectivity index (χ2v) is 8.75. The number of aromatic hydroxyl groups is 1. The first kappa shape index (κ1) is 24.8. The summed E-state index contributed by atoms with van der Waals surface area (Å²) in [5.74, 6) is 2.07. The Hall–Kier alpha value is -2.85. The minimum atomic E-state index is 0.408. The highest BCUT2D eigenvalue weighted by molar-refractivity contribution is 5.36. The SMILES string of the molecule is CCCC1CN(CCOc2ccccn2)C1.Oc1ccc2c(c1)CCCC2.c1ccccc1. The fraction of sp³-hybridized carbons (Fsp3) is 0.414. The molecule has 0 radical (unpaired) electrons. The maximum Gasteiger partial charge on any atom is 0.213 e. The molecule has 1 aliphatic heterocycles. The van der Waals surface area contributed by atoms with Crippen molar-refractivity contribution in [1.82, 2.24) is 9.88 Å². The summed E-state index contributed by atoms with van der Waals surface area (Å²) >= 11 is 0. The summed E-state index contributed by atoms with van der Waals surface area (Å²) in [6.07, 6.45) is 9.35. The van der Waals surface area contributed by atoms with Crippen LogP contribution in [-0.4, -0.2) is 41.2 Å². The molecule has 0 atom stereocenters. The molecule has 1 saturated heterocycles. The van der Waals surface area contributed by atoms with Crippen LogP contribution in [-0.2, 0) is 12.8 Å². The van der Waals surface area contributed by atoms with Gasteiger partial charge in [-0.2, -0.15) is 0 Å². The Morgan fingerprint density at radius 3 is 2.24 bits per heavy atom. The van der Waals surface area contributed by atoms with Gasteiger partial charge in [-0.1, -0.05) is 61.9 Å². The lowest BCUT2D eigenvalue weighted by Gasteiger charge is -2.39. The van der Waals surface area contributed by atoms with Crippen molar-refractivity contribution in [2.75, 3.05) is 26.2 Å². The number of nitrogens with zero attached hydrogens (tertiary/aromatic N) is 2. The Kier molecular flexibility index (Phi) is 10.8.